The fourth-order valence-corrected chi connectivity index (χ4v) is 1.17. The van der Waals surface area contributed by atoms with E-state index in [9.17, 15) is 9.90 Å². The van der Waals surface area contributed by atoms with E-state index in [0.29, 0.717) is 5.56 Å². The number of hydrogen-bond donors (Lipinski definition) is 3. The largest absolute Gasteiger partial charge is 0.388 e. The molecule has 6 nitrogen and oxygen atoms in total. The molecule has 1 atom stereocenters. The molecule has 0 bridgehead atoms. The molecule has 3 N–H and O–H groups in total. The lowest BCUT2D eigenvalue weighted by Gasteiger charge is -2.26. The van der Waals surface area contributed by atoms with Gasteiger partial charge in [-0.15, -0.1) is 0 Å². The zero-order chi connectivity index (χ0) is 13.2. The van der Waals surface area contributed by atoms with Gasteiger partial charge >= 0.3 is 0 Å². The predicted octanol–water partition coefficient (Wildman–Crippen LogP) is 0.365. The van der Waals surface area contributed by atoms with E-state index in [-0.39, 0.29) is 18.1 Å². The van der Waals surface area contributed by atoms with Crippen molar-refractivity contribution in [1.82, 2.24) is 10.5 Å². The second-order valence-electron chi connectivity index (χ2n) is 4.59. The Labute approximate surface area is 99.6 Å². The molecule has 0 radical (unpaired) electrons. The van der Waals surface area contributed by atoms with Gasteiger partial charge in [0.05, 0.1) is 11.6 Å². The summed E-state index contributed by atoms with van der Waals surface area (Å²) in [5, 5.41) is 24.8. The summed E-state index contributed by atoms with van der Waals surface area (Å²) in [7, 11) is 0. The zero-order valence-corrected chi connectivity index (χ0v) is 10.4. The van der Waals surface area contributed by atoms with Crippen LogP contribution in [-0.2, 0) is 6.61 Å². The van der Waals surface area contributed by atoms with Crippen LogP contribution in [0.25, 0.3) is 0 Å². The highest BCUT2D eigenvalue weighted by molar-refractivity contribution is 5.93. The summed E-state index contributed by atoms with van der Waals surface area (Å²) < 4.78 is 4.81. The molecular weight excluding hydrogens is 224 g/mol. The first-order valence-corrected chi connectivity index (χ1v) is 5.36. The third-order valence-electron chi connectivity index (χ3n) is 2.79. The standard InChI is InChI=1S/C11H18N2O4/c1-6-8(5-14)17-13-9(6)10(15)12-7(2)11(3,4)16/h7,14,16H,5H2,1-4H3,(H,12,15). The molecule has 1 unspecified atom stereocenters. The Morgan fingerprint density at radius 3 is 2.59 bits per heavy atom. The molecular formula is C11H18N2O4. The molecule has 1 aromatic heterocycles. The highest BCUT2D eigenvalue weighted by Gasteiger charge is 2.26. The Morgan fingerprint density at radius 1 is 1.59 bits per heavy atom. The van der Waals surface area contributed by atoms with Crippen LogP contribution in [0.4, 0.5) is 0 Å². The average Bonchev–Trinajstić information content (AvgIpc) is 2.57. The maximum Gasteiger partial charge on any atom is 0.274 e. The SMILES string of the molecule is Cc1c(C(=O)NC(C)C(C)(C)O)noc1CO. The van der Waals surface area contributed by atoms with Crippen LogP contribution >= 0.6 is 0 Å². The summed E-state index contributed by atoms with van der Waals surface area (Å²) in [6, 6.07) is -0.427. The number of amides is 1. The Kier molecular flexibility index (Phi) is 3.90. The van der Waals surface area contributed by atoms with Crippen molar-refractivity contribution < 1.29 is 19.5 Å². The molecule has 1 aromatic rings. The molecule has 0 saturated heterocycles. The van der Waals surface area contributed by atoms with Gasteiger partial charge in [0.15, 0.2) is 11.5 Å². The Morgan fingerprint density at radius 2 is 2.18 bits per heavy atom. The summed E-state index contributed by atoms with van der Waals surface area (Å²) in [6.07, 6.45) is 0. The Hall–Kier alpha value is -1.40. The van der Waals surface area contributed by atoms with Gasteiger partial charge in [0.2, 0.25) is 0 Å². The molecule has 0 aliphatic carbocycles. The Bertz CT molecular complexity index is 406. The van der Waals surface area contributed by atoms with Gasteiger partial charge in [-0.1, -0.05) is 5.16 Å². The van der Waals surface area contributed by atoms with E-state index in [1.165, 1.54) is 0 Å². The summed E-state index contributed by atoms with van der Waals surface area (Å²) >= 11 is 0. The van der Waals surface area contributed by atoms with Crippen molar-refractivity contribution in [2.45, 2.75) is 45.9 Å². The van der Waals surface area contributed by atoms with Crippen molar-refractivity contribution in [2.75, 3.05) is 0 Å². The van der Waals surface area contributed by atoms with Crippen molar-refractivity contribution in [3.63, 3.8) is 0 Å². The number of aliphatic hydroxyl groups excluding tert-OH is 1. The number of aliphatic hydroxyl groups is 2. The van der Waals surface area contributed by atoms with Crippen LogP contribution in [0, 0.1) is 6.92 Å². The average molecular weight is 242 g/mol. The first-order valence-electron chi connectivity index (χ1n) is 5.36. The summed E-state index contributed by atoms with van der Waals surface area (Å²) in [5.41, 5.74) is -0.384. The van der Waals surface area contributed by atoms with Crippen molar-refractivity contribution in [3.05, 3.63) is 17.0 Å². The van der Waals surface area contributed by atoms with E-state index in [0.717, 1.165) is 0 Å². The third kappa shape index (κ3) is 3.04. The van der Waals surface area contributed by atoms with Gasteiger partial charge < -0.3 is 20.1 Å². The highest BCUT2D eigenvalue weighted by atomic mass is 16.5. The molecule has 1 amide bonds. The van der Waals surface area contributed by atoms with E-state index < -0.39 is 17.6 Å². The molecule has 1 rings (SSSR count). The van der Waals surface area contributed by atoms with Crippen molar-refractivity contribution in [1.29, 1.82) is 0 Å². The minimum atomic E-state index is -1.02. The van der Waals surface area contributed by atoms with Gasteiger partial charge in [0.25, 0.3) is 5.91 Å². The summed E-state index contributed by atoms with van der Waals surface area (Å²) in [6.45, 7) is 6.25. The van der Waals surface area contributed by atoms with Crippen molar-refractivity contribution >= 4 is 5.91 Å². The maximum absolute atomic E-state index is 11.8. The lowest BCUT2D eigenvalue weighted by atomic mass is 10.0. The van der Waals surface area contributed by atoms with Gasteiger partial charge in [-0.25, -0.2) is 0 Å². The van der Waals surface area contributed by atoms with E-state index in [4.69, 9.17) is 9.63 Å². The van der Waals surface area contributed by atoms with Crippen LogP contribution in [0.5, 0.6) is 0 Å². The molecule has 0 aliphatic rings. The number of nitrogens with zero attached hydrogens (tertiary/aromatic N) is 1. The molecule has 17 heavy (non-hydrogen) atoms. The van der Waals surface area contributed by atoms with Gasteiger partial charge in [-0.3, -0.25) is 4.79 Å². The fourth-order valence-electron chi connectivity index (χ4n) is 1.17. The molecule has 1 heterocycles. The minimum absolute atomic E-state index is 0.130. The number of aromatic nitrogens is 1. The predicted molar refractivity (Wildman–Crippen MR) is 60.4 cm³/mol. The summed E-state index contributed by atoms with van der Waals surface area (Å²) in [5.74, 6) is -0.161. The van der Waals surface area contributed by atoms with Crippen LogP contribution < -0.4 is 5.32 Å². The quantitative estimate of drug-likeness (QED) is 0.708. The second kappa shape index (κ2) is 4.85. The van der Waals surface area contributed by atoms with E-state index in [1.54, 1.807) is 27.7 Å². The molecule has 0 aromatic carbocycles. The van der Waals surface area contributed by atoms with Gasteiger partial charge in [0, 0.05) is 5.56 Å². The van der Waals surface area contributed by atoms with Crippen LogP contribution in [0.15, 0.2) is 4.52 Å². The second-order valence-corrected chi connectivity index (χ2v) is 4.59. The smallest absolute Gasteiger partial charge is 0.274 e. The normalized spacial score (nSPS) is 13.5. The first kappa shape index (κ1) is 13.7. The zero-order valence-electron chi connectivity index (χ0n) is 10.4. The van der Waals surface area contributed by atoms with Crippen LogP contribution in [-0.4, -0.2) is 32.9 Å². The highest BCUT2D eigenvalue weighted by Crippen LogP contribution is 2.14. The topological polar surface area (TPSA) is 95.6 Å². The van der Waals surface area contributed by atoms with E-state index in [2.05, 4.69) is 10.5 Å². The van der Waals surface area contributed by atoms with Gasteiger partial charge in [-0.05, 0) is 27.7 Å². The molecule has 0 fully saturated rings. The van der Waals surface area contributed by atoms with Crippen LogP contribution in [0.2, 0.25) is 0 Å². The molecule has 96 valence electrons. The fraction of sp³-hybridized carbons (Fsp3) is 0.636. The van der Waals surface area contributed by atoms with Crippen LogP contribution in [0.1, 0.15) is 42.6 Å². The number of rotatable bonds is 4. The van der Waals surface area contributed by atoms with Gasteiger partial charge in [0.1, 0.15) is 6.61 Å². The summed E-state index contributed by atoms with van der Waals surface area (Å²) in [4.78, 5) is 11.8. The van der Waals surface area contributed by atoms with Crippen molar-refractivity contribution in [3.8, 4) is 0 Å². The maximum atomic E-state index is 11.8. The molecule has 0 aliphatic heterocycles. The number of carbonyl (C=O) groups is 1. The Balaban J connectivity index is 2.80. The lowest BCUT2D eigenvalue weighted by Crippen LogP contribution is -2.47. The monoisotopic (exact) mass is 242 g/mol. The van der Waals surface area contributed by atoms with Gasteiger partial charge in [-0.2, -0.15) is 0 Å². The molecule has 0 spiro atoms. The third-order valence-corrected chi connectivity index (χ3v) is 2.79. The molecule has 0 saturated carbocycles. The first-order chi connectivity index (χ1) is 7.77. The van der Waals surface area contributed by atoms with E-state index >= 15 is 0 Å². The lowest BCUT2D eigenvalue weighted by molar-refractivity contribution is 0.0406. The number of nitrogens with one attached hydrogen (secondary N) is 1. The van der Waals surface area contributed by atoms with Crippen molar-refractivity contribution in [2.24, 2.45) is 0 Å². The number of carbonyl (C=O) groups excluding carboxylic acids is 1. The molecule has 6 heteroatoms. The minimum Gasteiger partial charge on any atom is -0.388 e. The number of hydrogen-bond acceptors (Lipinski definition) is 5. The van der Waals surface area contributed by atoms with Crippen LogP contribution in [0.3, 0.4) is 0 Å². The van der Waals surface area contributed by atoms with E-state index in [1.807, 2.05) is 0 Å².